The molecule has 0 bridgehead atoms. The van der Waals surface area contributed by atoms with Crippen LogP contribution in [0.4, 0.5) is 15.8 Å². The van der Waals surface area contributed by atoms with Crippen molar-refractivity contribution in [3.63, 3.8) is 0 Å². The number of hydrogen-bond donors (Lipinski definition) is 2. The molecule has 0 aliphatic heterocycles. The van der Waals surface area contributed by atoms with Crippen molar-refractivity contribution in [2.75, 3.05) is 17.7 Å². The number of ether oxygens (including phenoxy) is 1. The predicted molar refractivity (Wildman–Crippen MR) is 81.7 cm³/mol. The molecule has 0 saturated carbocycles. The maximum Gasteiger partial charge on any atom is 0.259 e. The molecule has 0 aromatic heterocycles. The number of nitrogens with one attached hydrogen (secondary N) is 2. The smallest absolute Gasteiger partial charge is 0.259 e. The summed E-state index contributed by atoms with van der Waals surface area (Å²) in [5, 5.41) is 5.11. The molecule has 0 aliphatic rings. The van der Waals surface area contributed by atoms with Gasteiger partial charge in [0.2, 0.25) is 5.91 Å². The number of carbonyl (C=O) groups excluding carboxylic acids is 2. The normalized spacial score (nSPS) is 9.95. The predicted octanol–water partition coefficient (Wildman–Crippen LogP) is 3.05. The number of benzene rings is 2. The fraction of sp³-hybridized carbons (Fsp3) is 0.125. The number of hydrogen-bond acceptors (Lipinski definition) is 3. The second-order valence-electron chi connectivity index (χ2n) is 4.53. The standard InChI is InChI=1S/C16H15FN2O3/c1-10(20)18-13-8-7-11(17)9-14(13)19-16(21)12-5-3-4-6-15(12)22-2/h3-9H,1-2H3,(H,18,20)(H,19,21). The van der Waals surface area contributed by atoms with Crippen LogP contribution in [-0.2, 0) is 4.79 Å². The van der Waals surface area contributed by atoms with Crippen LogP contribution in [0.2, 0.25) is 0 Å². The molecule has 0 atom stereocenters. The molecule has 0 heterocycles. The van der Waals surface area contributed by atoms with Crippen LogP contribution in [0.15, 0.2) is 42.5 Å². The van der Waals surface area contributed by atoms with Crippen molar-refractivity contribution >= 4 is 23.2 Å². The number of para-hydroxylation sites is 1. The molecule has 2 aromatic rings. The summed E-state index contributed by atoms with van der Waals surface area (Å²) in [6, 6.07) is 10.4. The molecule has 0 fully saturated rings. The Bertz CT molecular complexity index is 716. The highest BCUT2D eigenvalue weighted by molar-refractivity contribution is 6.08. The Morgan fingerprint density at radius 2 is 1.77 bits per heavy atom. The highest BCUT2D eigenvalue weighted by Crippen LogP contribution is 2.25. The maximum atomic E-state index is 13.4. The Balaban J connectivity index is 2.31. The zero-order valence-electron chi connectivity index (χ0n) is 12.1. The topological polar surface area (TPSA) is 67.4 Å². The van der Waals surface area contributed by atoms with E-state index in [2.05, 4.69) is 10.6 Å². The first-order valence-electron chi connectivity index (χ1n) is 6.52. The van der Waals surface area contributed by atoms with E-state index in [1.54, 1.807) is 24.3 Å². The molecule has 2 rings (SSSR count). The van der Waals surface area contributed by atoms with Crippen molar-refractivity contribution in [1.29, 1.82) is 0 Å². The van der Waals surface area contributed by atoms with Gasteiger partial charge in [-0.15, -0.1) is 0 Å². The van der Waals surface area contributed by atoms with Gasteiger partial charge in [0.05, 0.1) is 24.0 Å². The Morgan fingerprint density at radius 1 is 1.05 bits per heavy atom. The first kappa shape index (κ1) is 15.5. The van der Waals surface area contributed by atoms with Gasteiger partial charge in [0, 0.05) is 6.92 Å². The quantitative estimate of drug-likeness (QED) is 0.912. The number of methoxy groups -OCH3 is 1. The average molecular weight is 302 g/mol. The number of anilines is 2. The van der Waals surface area contributed by atoms with Gasteiger partial charge in [-0.05, 0) is 30.3 Å². The van der Waals surface area contributed by atoms with E-state index < -0.39 is 11.7 Å². The summed E-state index contributed by atoms with van der Waals surface area (Å²) < 4.78 is 18.5. The minimum atomic E-state index is -0.524. The van der Waals surface area contributed by atoms with E-state index in [1.807, 2.05) is 0 Å². The second-order valence-corrected chi connectivity index (χ2v) is 4.53. The summed E-state index contributed by atoms with van der Waals surface area (Å²) in [5.74, 6) is -0.907. The van der Waals surface area contributed by atoms with E-state index in [1.165, 1.54) is 26.2 Å². The third kappa shape index (κ3) is 3.60. The van der Waals surface area contributed by atoms with E-state index in [-0.39, 0.29) is 11.6 Å². The Kier molecular flexibility index (Phi) is 4.73. The first-order valence-corrected chi connectivity index (χ1v) is 6.52. The molecule has 0 spiro atoms. The summed E-state index contributed by atoms with van der Waals surface area (Å²) >= 11 is 0. The molecule has 0 saturated heterocycles. The van der Waals surface area contributed by atoms with Crippen LogP contribution in [0.3, 0.4) is 0 Å². The van der Waals surface area contributed by atoms with Crippen LogP contribution < -0.4 is 15.4 Å². The SMILES string of the molecule is COc1ccccc1C(=O)Nc1cc(F)ccc1NC(C)=O. The largest absolute Gasteiger partial charge is 0.496 e. The number of carbonyl (C=O) groups is 2. The van der Waals surface area contributed by atoms with E-state index in [0.29, 0.717) is 17.0 Å². The zero-order chi connectivity index (χ0) is 16.1. The van der Waals surface area contributed by atoms with Crippen molar-refractivity contribution in [2.24, 2.45) is 0 Å². The fourth-order valence-corrected chi connectivity index (χ4v) is 1.94. The molecule has 2 N–H and O–H groups in total. The monoisotopic (exact) mass is 302 g/mol. The Hall–Kier alpha value is -2.89. The van der Waals surface area contributed by atoms with Gasteiger partial charge in [-0.1, -0.05) is 12.1 Å². The molecule has 22 heavy (non-hydrogen) atoms. The number of rotatable bonds is 4. The van der Waals surface area contributed by atoms with Gasteiger partial charge in [-0.3, -0.25) is 9.59 Å². The van der Waals surface area contributed by atoms with Gasteiger partial charge in [-0.2, -0.15) is 0 Å². The number of halogens is 1. The number of amides is 2. The molecular weight excluding hydrogens is 287 g/mol. The molecule has 2 aromatic carbocycles. The van der Waals surface area contributed by atoms with Gasteiger partial charge >= 0.3 is 0 Å². The van der Waals surface area contributed by atoms with E-state index >= 15 is 0 Å². The van der Waals surface area contributed by atoms with E-state index in [9.17, 15) is 14.0 Å². The van der Waals surface area contributed by atoms with Gasteiger partial charge in [-0.25, -0.2) is 4.39 Å². The first-order chi connectivity index (χ1) is 10.5. The lowest BCUT2D eigenvalue weighted by molar-refractivity contribution is -0.114. The van der Waals surface area contributed by atoms with Crippen LogP contribution in [0.25, 0.3) is 0 Å². The van der Waals surface area contributed by atoms with Crippen LogP contribution >= 0.6 is 0 Å². The molecule has 0 aliphatic carbocycles. The molecular formula is C16H15FN2O3. The van der Waals surface area contributed by atoms with Gasteiger partial charge in [0.1, 0.15) is 11.6 Å². The Morgan fingerprint density at radius 3 is 2.45 bits per heavy atom. The molecule has 2 amide bonds. The molecule has 0 radical (unpaired) electrons. The summed E-state index contributed by atoms with van der Waals surface area (Å²) in [6.45, 7) is 1.33. The van der Waals surface area contributed by atoms with Crippen molar-refractivity contribution in [3.05, 3.63) is 53.8 Å². The summed E-state index contributed by atoms with van der Waals surface area (Å²) in [5.41, 5.74) is 0.797. The van der Waals surface area contributed by atoms with E-state index in [0.717, 1.165) is 6.07 Å². The third-order valence-corrected chi connectivity index (χ3v) is 2.89. The van der Waals surface area contributed by atoms with Crippen molar-refractivity contribution in [2.45, 2.75) is 6.92 Å². The minimum Gasteiger partial charge on any atom is -0.496 e. The zero-order valence-corrected chi connectivity index (χ0v) is 12.1. The molecule has 5 nitrogen and oxygen atoms in total. The fourth-order valence-electron chi connectivity index (χ4n) is 1.94. The van der Waals surface area contributed by atoms with Gasteiger partial charge in [0.25, 0.3) is 5.91 Å². The molecule has 6 heteroatoms. The van der Waals surface area contributed by atoms with E-state index in [4.69, 9.17) is 4.74 Å². The third-order valence-electron chi connectivity index (χ3n) is 2.89. The van der Waals surface area contributed by atoms with Crippen LogP contribution in [-0.4, -0.2) is 18.9 Å². The summed E-state index contributed by atoms with van der Waals surface area (Å²) in [7, 11) is 1.46. The lowest BCUT2D eigenvalue weighted by atomic mass is 10.1. The molecule has 114 valence electrons. The lowest BCUT2D eigenvalue weighted by Gasteiger charge is -2.13. The summed E-state index contributed by atoms with van der Waals surface area (Å²) in [6.07, 6.45) is 0. The van der Waals surface area contributed by atoms with Gasteiger partial charge < -0.3 is 15.4 Å². The van der Waals surface area contributed by atoms with Crippen LogP contribution in [0.5, 0.6) is 5.75 Å². The minimum absolute atomic E-state index is 0.172. The van der Waals surface area contributed by atoms with Gasteiger partial charge in [0.15, 0.2) is 0 Å². The highest BCUT2D eigenvalue weighted by atomic mass is 19.1. The highest BCUT2D eigenvalue weighted by Gasteiger charge is 2.14. The van der Waals surface area contributed by atoms with Crippen LogP contribution in [0.1, 0.15) is 17.3 Å². The van der Waals surface area contributed by atoms with Crippen molar-refractivity contribution in [3.8, 4) is 5.75 Å². The van der Waals surface area contributed by atoms with Crippen molar-refractivity contribution in [1.82, 2.24) is 0 Å². The average Bonchev–Trinajstić information content (AvgIpc) is 2.49. The maximum absolute atomic E-state index is 13.4. The van der Waals surface area contributed by atoms with Crippen LogP contribution in [0, 0.1) is 5.82 Å². The van der Waals surface area contributed by atoms with Crippen molar-refractivity contribution < 1.29 is 18.7 Å². The summed E-state index contributed by atoms with van der Waals surface area (Å²) in [4.78, 5) is 23.5. The molecule has 0 unspecified atom stereocenters. The Labute approximate surface area is 127 Å². The lowest BCUT2D eigenvalue weighted by Crippen LogP contribution is -2.16. The second kappa shape index (κ2) is 6.71.